The van der Waals surface area contributed by atoms with Crippen LogP contribution in [-0.2, 0) is 11.2 Å². The van der Waals surface area contributed by atoms with Crippen LogP contribution in [0.1, 0.15) is 5.56 Å². The number of rotatable bonds is 4. The Kier molecular flexibility index (Phi) is 4.76. The zero-order chi connectivity index (χ0) is 13.7. The zero-order valence-corrected chi connectivity index (χ0v) is 11.1. The van der Waals surface area contributed by atoms with Crippen molar-refractivity contribution in [3.63, 3.8) is 0 Å². The molecule has 5 heteroatoms. The normalized spacial score (nSPS) is 16.6. The molecule has 0 atom stereocenters. The van der Waals surface area contributed by atoms with Gasteiger partial charge in [0.25, 0.3) is 0 Å². The lowest BCUT2D eigenvalue weighted by molar-refractivity contribution is -0.132. The van der Waals surface area contributed by atoms with Gasteiger partial charge in [-0.15, -0.1) is 0 Å². The number of aromatic hydroxyl groups is 1. The molecular weight excluding hydrogens is 242 g/mol. The van der Waals surface area contributed by atoms with Crippen LogP contribution >= 0.6 is 0 Å². The largest absolute Gasteiger partial charge is 0.508 e. The summed E-state index contributed by atoms with van der Waals surface area (Å²) in [6.07, 6.45) is 0.352. The highest BCUT2D eigenvalue weighted by atomic mass is 16.3. The van der Waals surface area contributed by atoms with Crippen molar-refractivity contribution >= 4 is 5.91 Å². The Hall–Kier alpha value is -1.59. The first-order valence-electron chi connectivity index (χ1n) is 6.67. The minimum absolute atomic E-state index is 0.123. The van der Waals surface area contributed by atoms with E-state index in [9.17, 15) is 9.90 Å². The molecule has 19 heavy (non-hydrogen) atoms. The van der Waals surface area contributed by atoms with Gasteiger partial charge in [0.2, 0.25) is 5.91 Å². The Balaban J connectivity index is 1.84. The number of piperazine rings is 1. The molecule has 5 nitrogen and oxygen atoms in total. The molecule has 2 rings (SSSR count). The standard InChI is InChI=1S/C14H21N3O2/c15-4-5-16-6-8-17(9-7-16)14(19)11-12-2-1-3-13(18)10-12/h1-3,10,18H,4-9,11,15H2. The Bertz CT molecular complexity index is 428. The van der Waals surface area contributed by atoms with E-state index in [1.165, 1.54) is 0 Å². The number of benzene rings is 1. The molecule has 3 N–H and O–H groups in total. The number of hydrogen-bond acceptors (Lipinski definition) is 4. The van der Waals surface area contributed by atoms with Gasteiger partial charge in [-0.05, 0) is 17.7 Å². The Morgan fingerprint density at radius 3 is 2.63 bits per heavy atom. The lowest BCUT2D eigenvalue weighted by Gasteiger charge is -2.34. The molecule has 1 aliphatic rings. The Morgan fingerprint density at radius 1 is 1.26 bits per heavy atom. The van der Waals surface area contributed by atoms with Crippen LogP contribution in [0.5, 0.6) is 5.75 Å². The molecular formula is C14H21N3O2. The molecule has 0 saturated carbocycles. The van der Waals surface area contributed by atoms with Crippen LogP contribution in [0, 0.1) is 0 Å². The fraction of sp³-hybridized carbons (Fsp3) is 0.500. The van der Waals surface area contributed by atoms with Crippen LogP contribution in [-0.4, -0.2) is 60.1 Å². The minimum Gasteiger partial charge on any atom is -0.508 e. The number of hydrogen-bond donors (Lipinski definition) is 2. The topological polar surface area (TPSA) is 69.8 Å². The molecule has 104 valence electrons. The molecule has 1 saturated heterocycles. The highest BCUT2D eigenvalue weighted by Gasteiger charge is 2.20. The number of nitrogens with zero attached hydrogens (tertiary/aromatic N) is 2. The van der Waals surface area contributed by atoms with E-state index in [0.717, 1.165) is 38.3 Å². The van der Waals surface area contributed by atoms with Gasteiger partial charge in [0, 0.05) is 39.3 Å². The molecule has 0 spiro atoms. The molecule has 1 fully saturated rings. The Morgan fingerprint density at radius 2 is 2.00 bits per heavy atom. The van der Waals surface area contributed by atoms with Gasteiger partial charge in [-0.1, -0.05) is 12.1 Å². The maximum absolute atomic E-state index is 12.1. The van der Waals surface area contributed by atoms with Gasteiger partial charge >= 0.3 is 0 Å². The zero-order valence-electron chi connectivity index (χ0n) is 11.1. The fourth-order valence-electron chi connectivity index (χ4n) is 2.36. The molecule has 0 aromatic heterocycles. The fourth-order valence-corrected chi connectivity index (χ4v) is 2.36. The SMILES string of the molecule is NCCN1CCN(C(=O)Cc2cccc(O)c2)CC1. The number of nitrogens with two attached hydrogens (primary N) is 1. The Labute approximate surface area is 113 Å². The van der Waals surface area contributed by atoms with Gasteiger partial charge in [-0.25, -0.2) is 0 Å². The molecule has 1 amide bonds. The van der Waals surface area contributed by atoms with Gasteiger partial charge in [0.15, 0.2) is 0 Å². The van der Waals surface area contributed by atoms with Gasteiger partial charge in [-0.2, -0.15) is 0 Å². The summed E-state index contributed by atoms with van der Waals surface area (Å²) < 4.78 is 0. The summed E-state index contributed by atoms with van der Waals surface area (Å²) in [6, 6.07) is 6.88. The van der Waals surface area contributed by atoms with Gasteiger partial charge in [0.05, 0.1) is 6.42 Å². The first kappa shape index (κ1) is 13.8. The predicted molar refractivity (Wildman–Crippen MR) is 73.9 cm³/mol. The van der Waals surface area contributed by atoms with E-state index in [1.807, 2.05) is 11.0 Å². The van der Waals surface area contributed by atoms with Crippen molar-refractivity contribution in [3.8, 4) is 5.75 Å². The number of carbonyl (C=O) groups is 1. The summed E-state index contributed by atoms with van der Waals surface area (Å²) in [6.45, 7) is 4.87. The molecule has 0 unspecified atom stereocenters. The third kappa shape index (κ3) is 3.94. The summed E-state index contributed by atoms with van der Waals surface area (Å²) >= 11 is 0. The second-order valence-corrected chi connectivity index (χ2v) is 4.86. The molecule has 1 aromatic carbocycles. The second-order valence-electron chi connectivity index (χ2n) is 4.86. The van der Waals surface area contributed by atoms with E-state index in [4.69, 9.17) is 5.73 Å². The highest BCUT2D eigenvalue weighted by molar-refractivity contribution is 5.79. The smallest absolute Gasteiger partial charge is 0.227 e. The van der Waals surface area contributed by atoms with Crippen molar-refractivity contribution in [3.05, 3.63) is 29.8 Å². The van der Waals surface area contributed by atoms with Crippen LogP contribution in [0.4, 0.5) is 0 Å². The van der Waals surface area contributed by atoms with Gasteiger partial charge < -0.3 is 15.7 Å². The summed E-state index contributed by atoms with van der Waals surface area (Å²) in [4.78, 5) is 16.3. The molecule has 1 heterocycles. The van der Waals surface area contributed by atoms with Crippen molar-refractivity contribution in [1.29, 1.82) is 0 Å². The van der Waals surface area contributed by atoms with E-state index >= 15 is 0 Å². The van der Waals surface area contributed by atoms with Crippen LogP contribution in [0.2, 0.25) is 0 Å². The van der Waals surface area contributed by atoms with Crippen molar-refractivity contribution in [2.45, 2.75) is 6.42 Å². The van der Waals surface area contributed by atoms with Crippen molar-refractivity contribution in [2.75, 3.05) is 39.3 Å². The van der Waals surface area contributed by atoms with Crippen LogP contribution < -0.4 is 5.73 Å². The van der Waals surface area contributed by atoms with Crippen molar-refractivity contribution in [2.24, 2.45) is 5.73 Å². The summed E-state index contributed by atoms with van der Waals surface area (Å²) in [7, 11) is 0. The number of phenols is 1. The van der Waals surface area contributed by atoms with Crippen LogP contribution in [0.3, 0.4) is 0 Å². The third-order valence-electron chi connectivity index (χ3n) is 3.44. The van der Waals surface area contributed by atoms with E-state index in [-0.39, 0.29) is 11.7 Å². The first-order chi connectivity index (χ1) is 9.19. The maximum Gasteiger partial charge on any atom is 0.227 e. The van der Waals surface area contributed by atoms with E-state index in [0.29, 0.717) is 13.0 Å². The highest BCUT2D eigenvalue weighted by Crippen LogP contribution is 2.13. The average molecular weight is 263 g/mol. The van der Waals surface area contributed by atoms with Crippen molar-refractivity contribution in [1.82, 2.24) is 9.80 Å². The molecule has 1 aromatic rings. The lowest BCUT2D eigenvalue weighted by Crippen LogP contribution is -2.50. The number of phenolic OH excluding ortho intramolecular Hbond substituents is 1. The average Bonchev–Trinajstić information content (AvgIpc) is 2.40. The second kappa shape index (κ2) is 6.54. The van der Waals surface area contributed by atoms with Crippen LogP contribution in [0.25, 0.3) is 0 Å². The molecule has 0 bridgehead atoms. The molecule has 0 radical (unpaired) electrons. The monoisotopic (exact) mass is 263 g/mol. The maximum atomic E-state index is 12.1. The summed E-state index contributed by atoms with van der Waals surface area (Å²) in [5.74, 6) is 0.330. The summed E-state index contributed by atoms with van der Waals surface area (Å²) in [5, 5.41) is 9.39. The third-order valence-corrected chi connectivity index (χ3v) is 3.44. The number of carbonyl (C=O) groups excluding carboxylic acids is 1. The first-order valence-corrected chi connectivity index (χ1v) is 6.67. The van der Waals surface area contributed by atoms with E-state index < -0.39 is 0 Å². The molecule has 1 aliphatic heterocycles. The van der Waals surface area contributed by atoms with E-state index in [1.54, 1.807) is 18.2 Å². The predicted octanol–water partition coefficient (Wildman–Crippen LogP) is 0.0376. The van der Waals surface area contributed by atoms with Gasteiger partial charge in [-0.3, -0.25) is 9.69 Å². The van der Waals surface area contributed by atoms with Crippen molar-refractivity contribution < 1.29 is 9.90 Å². The lowest BCUT2D eigenvalue weighted by atomic mass is 10.1. The minimum atomic E-state index is 0.123. The molecule has 0 aliphatic carbocycles. The number of amides is 1. The quantitative estimate of drug-likeness (QED) is 0.804. The van der Waals surface area contributed by atoms with E-state index in [2.05, 4.69) is 4.90 Å². The van der Waals surface area contributed by atoms with Crippen LogP contribution in [0.15, 0.2) is 24.3 Å². The summed E-state index contributed by atoms with van der Waals surface area (Å²) in [5.41, 5.74) is 6.38. The van der Waals surface area contributed by atoms with Gasteiger partial charge in [0.1, 0.15) is 5.75 Å².